The van der Waals surface area contributed by atoms with Gasteiger partial charge in [-0.05, 0) is 30.8 Å². The molecule has 0 heterocycles. The van der Waals surface area contributed by atoms with Crippen LogP contribution in [-0.2, 0) is 4.79 Å². The Labute approximate surface area is 68.5 Å². The van der Waals surface area contributed by atoms with E-state index in [0.29, 0.717) is 17.6 Å². The number of ketones is 1. The maximum absolute atomic E-state index is 11.2. The summed E-state index contributed by atoms with van der Waals surface area (Å²) in [5, 5.41) is 0. The predicted molar refractivity (Wildman–Crippen MR) is 46.3 cm³/mol. The zero-order valence-corrected chi connectivity index (χ0v) is 7.55. The van der Waals surface area contributed by atoms with E-state index in [2.05, 4.69) is 19.9 Å². The second kappa shape index (κ2) is 3.21. The van der Waals surface area contributed by atoms with Gasteiger partial charge in [-0.1, -0.05) is 19.9 Å². The lowest BCUT2D eigenvalue weighted by Crippen LogP contribution is -2.18. The number of hydrogen-bond donors (Lipinski definition) is 0. The molecule has 0 aromatic heterocycles. The molecule has 0 saturated carbocycles. The molecule has 0 N–H and O–H groups in total. The first-order valence-corrected chi connectivity index (χ1v) is 4.31. The summed E-state index contributed by atoms with van der Waals surface area (Å²) in [6.07, 6.45) is 3.94. The topological polar surface area (TPSA) is 17.1 Å². The molecular formula is C10H16O. The number of rotatable bonds is 1. The normalized spacial score (nSPS) is 25.6. The van der Waals surface area contributed by atoms with Crippen LogP contribution in [-0.4, -0.2) is 5.78 Å². The summed E-state index contributed by atoms with van der Waals surface area (Å²) in [6, 6.07) is 0. The molecule has 1 nitrogen and oxygen atoms in total. The van der Waals surface area contributed by atoms with Gasteiger partial charge in [0.25, 0.3) is 0 Å². The summed E-state index contributed by atoms with van der Waals surface area (Å²) < 4.78 is 0. The third-order valence-electron chi connectivity index (χ3n) is 2.56. The van der Waals surface area contributed by atoms with Crippen molar-refractivity contribution in [3.05, 3.63) is 11.6 Å². The number of carbonyl (C=O) groups is 1. The van der Waals surface area contributed by atoms with Crippen molar-refractivity contribution in [3.63, 3.8) is 0 Å². The summed E-state index contributed by atoms with van der Waals surface area (Å²) in [7, 11) is 0. The van der Waals surface area contributed by atoms with Crippen LogP contribution in [0, 0.1) is 11.8 Å². The van der Waals surface area contributed by atoms with E-state index in [9.17, 15) is 4.79 Å². The quantitative estimate of drug-likeness (QED) is 0.564. The summed E-state index contributed by atoms with van der Waals surface area (Å²) in [5.74, 6) is 1.57. The van der Waals surface area contributed by atoms with E-state index >= 15 is 0 Å². The van der Waals surface area contributed by atoms with Gasteiger partial charge in [0.15, 0.2) is 5.78 Å². The van der Waals surface area contributed by atoms with E-state index in [1.54, 1.807) is 0 Å². The Kier molecular flexibility index (Phi) is 2.48. The molecule has 0 amide bonds. The van der Waals surface area contributed by atoms with Gasteiger partial charge in [-0.15, -0.1) is 0 Å². The first-order chi connectivity index (χ1) is 5.11. The fraction of sp³-hybridized carbons (Fsp3) is 0.700. The number of carbonyl (C=O) groups excluding carboxylic acids is 1. The standard InChI is InChI=1S/C10H16O/c1-7(2)9-5-4-8(3)10(11)6-9/h4,7,9H,5-6H2,1-3H3/t9-/m1/s1. The van der Waals surface area contributed by atoms with Crippen molar-refractivity contribution in [1.82, 2.24) is 0 Å². The predicted octanol–water partition coefficient (Wildman–Crippen LogP) is 2.57. The first-order valence-electron chi connectivity index (χ1n) is 4.31. The zero-order chi connectivity index (χ0) is 8.43. The molecule has 62 valence electrons. The van der Waals surface area contributed by atoms with Gasteiger partial charge in [0.1, 0.15) is 0 Å². The molecule has 0 spiro atoms. The lowest BCUT2D eigenvalue weighted by atomic mass is 9.82. The molecule has 1 aliphatic carbocycles. The Bertz CT molecular complexity index is 189. The molecule has 0 fully saturated rings. The minimum atomic E-state index is 0.343. The second-order valence-corrected chi connectivity index (χ2v) is 3.75. The molecular weight excluding hydrogens is 136 g/mol. The van der Waals surface area contributed by atoms with Crippen LogP contribution in [0.1, 0.15) is 33.6 Å². The average molecular weight is 152 g/mol. The van der Waals surface area contributed by atoms with Gasteiger partial charge in [0, 0.05) is 6.42 Å². The Morgan fingerprint density at radius 2 is 2.18 bits per heavy atom. The zero-order valence-electron chi connectivity index (χ0n) is 7.55. The van der Waals surface area contributed by atoms with E-state index in [-0.39, 0.29) is 0 Å². The molecule has 0 aromatic carbocycles. The van der Waals surface area contributed by atoms with Crippen molar-refractivity contribution < 1.29 is 4.79 Å². The van der Waals surface area contributed by atoms with Crippen molar-refractivity contribution in [1.29, 1.82) is 0 Å². The van der Waals surface area contributed by atoms with Crippen LogP contribution < -0.4 is 0 Å². The van der Waals surface area contributed by atoms with E-state index in [4.69, 9.17) is 0 Å². The maximum Gasteiger partial charge on any atom is 0.158 e. The maximum atomic E-state index is 11.2. The van der Waals surface area contributed by atoms with Gasteiger partial charge in [-0.2, -0.15) is 0 Å². The number of Topliss-reactive ketones (excluding diaryl/α,β-unsaturated/α-hetero) is 1. The Hall–Kier alpha value is -0.590. The van der Waals surface area contributed by atoms with Gasteiger partial charge in [-0.3, -0.25) is 4.79 Å². The Morgan fingerprint density at radius 1 is 1.55 bits per heavy atom. The monoisotopic (exact) mass is 152 g/mol. The summed E-state index contributed by atoms with van der Waals surface area (Å²) >= 11 is 0. The lowest BCUT2D eigenvalue weighted by Gasteiger charge is -2.22. The van der Waals surface area contributed by atoms with Crippen molar-refractivity contribution in [2.75, 3.05) is 0 Å². The highest BCUT2D eigenvalue weighted by atomic mass is 16.1. The summed E-state index contributed by atoms with van der Waals surface area (Å²) in [6.45, 7) is 6.29. The highest BCUT2D eigenvalue weighted by Crippen LogP contribution is 2.26. The third-order valence-corrected chi connectivity index (χ3v) is 2.56. The van der Waals surface area contributed by atoms with E-state index in [1.165, 1.54) is 0 Å². The van der Waals surface area contributed by atoms with E-state index in [0.717, 1.165) is 18.4 Å². The number of hydrogen-bond acceptors (Lipinski definition) is 1. The van der Waals surface area contributed by atoms with E-state index < -0.39 is 0 Å². The SMILES string of the molecule is CC1=CC[C@@H](C(C)C)CC1=O. The minimum Gasteiger partial charge on any atom is -0.295 e. The lowest BCUT2D eigenvalue weighted by molar-refractivity contribution is -0.117. The molecule has 0 aliphatic heterocycles. The molecule has 1 atom stereocenters. The second-order valence-electron chi connectivity index (χ2n) is 3.75. The van der Waals surface area contributed by atoms with E-state index in [1.807, 2.05) is 6.92 Å². The third kappa shape index (κ3) is 1.92. The van der Waals surface area contributed by atoms with Gasteiger partial charge >= 0.3 is 0 Å². The molecule has 11 heavy (non-hydrogen) atoms. The first kappa shape index (κ1) is 8.51. The molecule has 1 aliphatic rings. The molecule has 1 rings (SSSR count). The molecule has 0 radical (unpaired) electrons. The van der Waals surface area contributed by atoms with Crippen LogP contribution in [0.4, 0.5) is 0 Å². The molecule has 0 aromatic rings. The molecule has 0 bridgehead atoms. The van der Waals surface area contributed by atoms with Crippen molar-refractivity contribution in [2.24, 2.45) is 11.8 Å². The molecule has 1 heteroatoms. The minimum absolute atomic E-state index is 0.343. The summed E-state index contributed by atoms with van der Waals surface area (Å²) in [5.41, 5.74) is 0.960. The van der Waals surface area contributed by atoms with Crippen molar-refractivity contribution in [3.8, 4) is 0 Å². The van der Waals surface area contributed by atoms with Gasteiger partial charge < -0.3 is 0 Å². The largest absolute Gasteiger partial charge is 0.295 e. The fourth-order valence-electron chi connectivity index (χ4n) is 1.43. The van der Waals surface area contributed by atoms with Crippen molar-refractivity contribution in [2.45, 2.75) is 33.6 Å². The Morgan fingerprint density at radius 3 is 2.64 bits per heavy atom. The van der Waals surface area contributed by atoms with Crippen LogP contribution in [0.15, 0.2) is 11.6 Å². The van der Waals surface area contributed by atoms with Gasteiger partial charge in [0.05, 0.1) is 0 Å². The van der Waals surface area contributed by atoms with Gasteiger partial charge in [-0.25, -0.2) is 0 Å². The fourth-order valence-corrected chi connectivity index (χ4v) is 1.43. The van der Waals surface area contributed by atoms with Crippen molar-refractivity contribution >= 4 is 5.78 Å². The van der Waals surface area contributed by atoms with Crippen LogP contribution >= 0.6 is 0 Å². The summed E-state index contributed by atoms with van der Waals surface area (Å²) in [4.78, 5) is 11.2. The van der Waals surface area contributed by atoms with Crippen LogP contribution in [0.3, 0.4) is 0 Å². The van der Waals surface area contributed by atoms with Crippen LogP contribution in [0.5, 0.6) is 0 Å². The highest BCUT2D eigenvalue weighted by Gasteiger charge is 2.21. The smallest absolute Gasteiger partial charge is 0.158 e. The molecule has 0 unspecified atom stereocenters. The molecule has 0 saturated heterocycles. The Balaban J connectivity index is 2.62. The van der Waals surface area contributed by atoms with Gasteiger partial charge in [0.2, 0.25) is 0 Å². The average Bonchev–Trinajstić information content (AvgIpc) is 1.94. The van der Waals surface area contributed by atoms with Crippen LogP contribution in [0.25, 0.3) is 0 Å². The highest BCUT2D eigenvalue weighted by molar-refractivity contribution is 5.95. The number of allylic oxidation sites excluding steroid dienone is 2. The van der Waals surface area contributed by atoms with Crippen LogP contribution in [0.2, 0.25) is 0 Å².